The van der Waals surface area contributed by atoms with Crippen LogP contribution in [0.15, 0.2) is 85.3 Å². The average Bonchev–Trinajstić information content (AvgIpc) is 3.21. The minimum absolute atomic E-state index is 0.205. The van der Waals surface area contributed by atoms with Crippen molar-refractivity contribution in [2.24, 2.45) is 0 Å². The molecule has 0 spiro atoms. The summed E-state index contributed by atoms with van der Waals surface area (Å²) >= 11 is 0. The Kier molecular flexibility index (Phi) is 5.20. The highest BCUT2D eigenvalue weighted by Gasteiger charge is 2.19. The normalized spacial score (nSPS) is 10.9. The summed E-state index contributed by atoms with van der Waals surface area (Å²) < 4.78 is 1.72. The number of benzene rings is 2. The van der Waals surface area contributed by atoms with E-state index in [0.717, 1.165) is 16.9 Å². The predicted molar refractivity (Wildman–Crippen MR) is 115 cm³/mol. The van der Waals surface area contributed by atoms with Gasteiger partial charge in [-0.1, -0.05) is 44.2 Å². The lowest BCUT2D eigenvalue weighted by Crippen LogP contribution is -2.12. The predicted octanol–water partition coefficient (Wildman–Crippen LogP) is 5.31. The van der Waals surface area contributed by atoms with Crippen LogP contribution in [0.1, 0.15) is 35.7 Å². The molecule has 0 aliphatic rings. The first-order valence-corrected chi connectivity index (χ1v) is 9.58. The van der Waals surface area contributed by atoms with Gasteiger partial charge in [0.1, 0.15) is 5.69 Å². The fraction of sp³-hybridized carbons (Fsp3) is 0.125. The van der Waals surface area contributed by atoms with Gasteiger partial charge in [0, 0.05) is 29.8 Å². The van der Waals surface area contributed by atoms with E-state index < -0.39 is 0 Å². The van der Waals surface area contributed by atoms with Gasteiger partial charge in [0.2, 0.25) is 0 Å². The number of nitrogens with one attached hydrogen (secondary N) is 1. The number of amides is 1. The van der Waals surface area contributed by atoms with Crippen molar-refractivity contribution in [2.75, 3.05) is 5.32 Å². The summed E-state index contributed by atoms with van der Waals surface area (Å²) in [5, 5.41) is 7.65. The van der Waals surface area contributed by atoms with E-state index in [1.54, 1.807) is 23.3 Å². The van der Waals surface area contributed by atoms with Crippen molar-refractivity contribution < 1.29 is 4.79 Å². The minimum Gasteiger partial charge on any atom is -0.322 e. The Hall–Kier alpha value is -3.73. The van der Waals surface area contributed by atoms with Crippen LogP contribution >= 0.6 is 0 Å². The highest BCUT2D eigenvalue weighted by atomic mass is 16.1. The first kappa shape index (κ1) is 18.6. The number of para-hydroxylation sites is 1. The molecule has 29 heavy (non-hydrogen) atoms. The van der Waals surface area contributed by atoms with Crippen LogP contribution in [0.4, 0.5) is 5.69 Å². The van der Waals surface area contributed by atoms with Crippen LogP contribution in [-0.4, -0.2) is 20.7 Å². The van der Waals surface area contributed by atoms with Gasteiger partial charge in [0.05, 0.1) is 11.3 Å². The first-order valence-electron chi connectivity index (χ1n) is 9.58. The van der Waals surface area contributed by atoms with Crippen molar-refractivity contribution in [3.05, 3.63) is 96.4 Å². The molecular weight excluding hydrogens is 360 g/mol. The number of hydrogen-bond donors (Lipinski definition) is 1. The highest BCUT2D eigenvalue weighted by molar-refractivity contribution is 6.08. The second-order valence-corrected chi connectivity index (χ2v) is 7.14. The largest absolute Gasteiger partial charge is 0.322 e. The van der Waals surface area contributed by atoms with E-state index in [2.05, 4.69) is 29.2 Å². The summed E-state index contributed by atoms with van der Waals surface area (Å²) in [7, 11) is 0. The number of aromatic nitrogens is 3. The molecule has 4 rings (SSSR count). The van der Waals surface area contributed by atoms with E-state index in [9.17, 15) is 4.79 Å². The van der Waals surface area contributed by atoms with Crippen molar-refractivity contribution in [1.29, 1.82) is 0 Å². The lowest BCUT2D eigenvalue weighted by Gasteiger charge is -2.08. The third-order valence-corrected chi connectivity index (χ3v) is 4.75. The summed E-state index contributed by atoms with van der Waals surface area (Å²) in [5.74, 6) is 0.240. The number of pyridine rings is 1. The molecular formula is C24H22N4O. The molecule has 0 radical (unpaired) electrons. The van der Waals surface area contributed by atoms with Crippen LogP contribution in [0.5, 0.6) is 0 Å². The number of rotatable bonds is 5. The summed E-state index contributed by atoms with van der Waals surface area (Å²) in [4.78, 5) is 17.3. The number of carbonyl (C=O) groups excluding carboxylic acids is 1. The Morgan fingerprint density at radius 3 is 2.38 bits per heavy atom. The summed E-state index contributed by atoms with van der Waals surface area (Å²) in [6.45, 7) is 4.29. The maximum atomic E-state index is 13.1. The van der Waals surface area contributed by atoms with Gasteiger partial charge < -0.3 is 5.32 Å². The van der Waals surface area contributed by atoms with Crippen molar-refractivity contribution in [2.45, 2.75) is 19.8 Å². The smallest absolute Gasteiger partial charge is 0.259 e. The average molecular weight is 382 g/mol. The molecule has 0 atom stereocenters. The molecule has 5 nitrogen and oxygen atoms in total. The van der Waals surface area contributed by atoms with Crippen LogP contribution in [0.3, 0.4) is 0 Å². The third-order valence-electron chi connectivity index (χ3n) is 4.75. The monoisotopic (exact) mass is 382 g/mol. The van der Waals surface area contributed by atoms with Gasteiger partial charge in [-0.05, 0) is 47.9 Å². The molecule has 4 aromatic rings. The molecule has 0 bridgehead atoms. The lowest BCUT2D eigenvalue weighted by atomic mass is 10.0. The quantitative estimate of drug-likeness (QED) is 0.509. The van der Waals surface area contributed by atoms with Crippen LogP contribution < -0.4 is 5.32 Å². The molecule has 0 aliphatic carbocycles. The van der Waals surface area contributed by atoms with Crippen LogP contribution in [0.2, 0.25) is 0 Å². The molecule has 2 aromatic carbocycles. The summed E-state index contributed by atoms with van der Waals surface area (Å²) in [6, 6.07) is 21.4. The molecule has 0 aliphatic heterocycles. The van der Waals surface area contributed by atoms with Crippen molar-refractivity contribution in [3.8, 4) is 16.9 Å². The van der Waals surface area contributed by atoms with Crippen molar-refractivity contribution in [3.63, 3.8) is 0 Å². The zero-order valence-corrected chi connectivity index (χ0v) is 16.4. The fourth-order valence-electron chi connectivity index (χ4n) is 3.12. The topological polar surface area (TPSA) is 59.8 Å². The maximum absolute atomic E-state index is 13.1. The van der Waals surface area contributed by atoms with E-state index in [-0.39, 0.29) is 5.91 Å². The number of hydrogen-bond acceptors (Lipinski definition) is 3. The lowest BCUT2D eigenvalue weighted by molar-refractivity contribution is 0.102. The Balaban J connectivity index is 1.69. The van der Waals surface area contributed by atoms with Gasteiger partial charge in [0.15, 0.2) is 0 Å². The van der Waals surface area contributed by atoms with Gasteiger partial charge in [0.25, 0.3) is 5.91 Å². The second kappa shape index (κ2) is 8.10. The first-order chi connectivity index (χ1) is 14.1. The Morgan fingerprint density at radius 2 is 1.72 bits per heavy atom. The third kappa shape index (κ3) is 4.09. The fourth-order valence-corrected chi connectivity index (χ4v) is 3.12. The second-order valence-electron chi connectivity index (χ2n) is 7.14. The van der Waals surface area contributed by atoms with Gasteiger partial charge in [-0.2, -0.15) is 5.10 Å². The molecule has 2 aromatic heterocycles. The Morgan fingerprint density at radius 1 is 0.966 bits per heavy atom. The van der Waals surface area contributed by atoms with E-state index in [4.69, 9.17) is 0 Å². The summed E-state index contributed by atoms with van der Waals surface area (Å²) in [5.41, 5.74) is 4.76. The van der Waals surface area contributed by atoms with Gasteiger partial charge in [-0.25, -0.2) is 4.68 Å². The number of nitrogens with zero attached hydrogens (tertiary/aromatic N) is 3. The Labute approximate surface area is 170 Å². The number of carbonyl (C=O) groups is 1. The molecule has 144 valence electrons. The van der Waals surface area contributed by atoms with Crippen LogP contribution in [-0.2, 0) is 0 Å². The van der Waals surface area contributed by atoms with Crippen molar-refractivity contribution in [1.82, 2.24) is 14.8 Å². The zero-order valence-electron chi connectivity index (χ0n) is 16.4. The van der Waals surface area contributed by atoms with Gasteiger partial charge in [-0.15, -0.1) is 0 Å². The van der Waals surface area contributed by atoms with Gasteiger partial charge >= 0.3 is 0 Å². The summed E-state index contributed by atoms with van der Waals surface area (Å²) in [6.07, 6.45) is 5.18. The van der Waals surface area contributed by atoms with Gasteiger partial charge in [-0.3, -0.25) is 9.78 Å². The zero-order chi connectivity index (χ0) is 20.2. The van der Waals surface area contributed by atoms with E-state index in [1.807, 2.05) is 66.7 Å². The molecule has 1 N–H and O–H groups in total. The van der Waals surface area contributed by atoms with Crippen LogP contribution in [0.25, 0.3) is 16.9 Å². The maximum Gasteiger partial charge on any atom is 0.259 e. The highest BCUT2D eigenvalue weighted by Crippen LogP contribution is 2.24. The van der Waals surface area contributed by atoms with Crippen molar-refractivity contribution >= 4 is 11.6 Å². The standard InChI is InChI=1S/C24H22N4O/c1-17(2)18-10-12-20(13-11-18)26-24(29)22-16-28(21-8-4-3-5-9-21)27-23(22)19-7-6-14-25-15-19/h3-17H,1-2H3,(H,26,29). The Bertz CT molecular complexity index is 1100. The molecule has 5 heteroatoms. The molecule has 0 saturated heterocycles. The SMILES string of the molecule is CC(C)c1ccc(NC(=O)c2cn(-c3ccccc3)nc2-c2cccnc2)cc1. The molecule has 0 fully saturated rings. The van der Waals surface area contributed by atoms with E-state index >= 15 is 0 Å². The number of anilines is 1. The molecule has 2 heterocycles. The minimum atomic E-state index is -0.205. The van der Waals surface area contributed by atoms with E-state index in [1.165, 1.54) is 5.56 Å². The molecule has 0 saturated carbocycles. The molecule has 0 unspecified atom stereocenters. The van der Waals surface area contributed by atoms with E-state index in [0.29, 0.717) is 17.2 Å². The molecule has 1 amide bonds. The van der Waals surface area contributed by atoms with Crippen LogP contribution in [0, 0.1) is 0 Å².